The van der Waals surface area contributed by atoms with E-state index in [1.807, 2.05) is 24.4 Å². The van der Waals surface area contributed by atoms with E-state index in [-0.39, 0.29) is 11.8 Å². The molecule has 3 heterocycles. The van der Waals surface area contributed by atoms with E-state index in [0.717, 1.165) is 24.2 Å². The van der Waals surface area contributed by atoms with Gasteiger partial charge in [-0.1, -0.05) is 18.2 Å². The summed E-state index contributed by atoms with van der Waals surface area (Å²) in [6.07, 6.45) is 3.12. The van der Waals surface area contributed by atoms with Crippen LogP contribution in [-0.2, 0) is 30.3 Å². The Bertz CT molecular complexity index is 1010. The predicted molar refractivity (Wildman–Crippen MR) is 106 cm³/mol. The summed E-state index contributed by atoms with van der Waals surface area (Å²) in [6, 6.07) is 8.09. The Morgan fingerprint density at radius 3 is 2.48 bits per heavy atom. The first-order valence-electron chi connectivity index (χ1n) is 9.69. The fourth-order valence-corrected chi connectivity index (χ4v) is 4.73. The van der Waals surface area contributed by atoms with Gasteiger partial charge in [0.2, 0.25) is 0 Å². The SMILES string of the molecule is COC(=O)C(C(=O)OC)[C@H]1C[C@@H]2c3[nH]c4ccccc4c3CCN2C=C1C(C)=O. The molecule has 1 N–H and O–H groups in total. The first kappa shape index (κ1) is 19.2. The summed E-state index contributed by atoms with van der Waals surface area (Å²) in [4.78, 5) is 42.9. The van der Waals surface area contributed by atoms with Crippen molar-refractivity contribution >= 4 is 28.6 Å². The lowest BCUT2D eigenvalue weighted by atomic mass is 9.75. The molecule has 1 aromatic heterocycles. The van der Waals surface area contributed by atoms with Gasteiger partial charge in [-0.05, 0) is 31.4 Å². The normalized spacial score (nSPS) is 20.7. The van der Waals surface area contributed by atoms with Crippen LogP contribution in [0.25, 0.3) is 10.9 Å². The number of carbonyl (C=O) groups is 3. The average molecular weight is 396 g/mol. The highest BCUT2D eigenvalue weighted by atomic mass is 16.5. The largest absolute Gasteiger partial charge is 0.468 e. The summed E-state index contributed by atoms with van der Waals surface area (Å²) in [6.45, 7) is 2.23. The molecule has 7 heteroatoms. The first-order chi connectivity index (χ1) is 14.0. The number of aromatic amines is 1. The van der Waals surface area contributed by atoms with Gasteiger partial charge in [0.1, 0.15) is 0 Å². The average Bonchev–Trinajstić information content (AvgIpc) is 3.12. The van der Waals surface area contributed by atoms with Gasteiger partial charge in [0.25, 0.3) is 0 Å². The van der Waals surface area contributed by atoms with Crippen LogP contribution in [0, 0.1) is 11.8 Å². The number of carbonyl (C=O) groups excluding carboxylic acids is 3. The number of Topliss-reactive ketones (excluding diaryl/α,β-unsaturated/α-hetero) is 1. The number of fused-ring (bicyclic) bond motifs is 5. The third-order valence-electron chi connectivity index (χ3n) is 6.10. The van der Waals surface area contributed by atoms with Crippen LogP contribution in [0.3, 0.4) is 0 Å². The molecule has 4 rings (SSSR count). The van der Waals surface area contributed by atoms with Gasteiger partial charge in [-0.15, -0.1) is 0 Å². The van der Waals surface area contributed by atoms with Crippen molar-refractivity contribution in [3.05, 3.63) is 47.3 Å². The molecule has 2 aromatic rings. The van der Waals surface area contributed by atoms with Crippen LogP contribution < -0.4 is 0 Å². The van der Waals surface area contributed by atoms with Crippen molar-refractivity contribution in [1.82, 2.24) is 9.88 Å². The molecule has 152 valence electrons. The molecular formula is C22H24N2O5. The van der Waals surface area contributed by atoms with Gasteiger partial charge >= 0.3 is 11.9 Å². The van der Waals surface area contributed by atoms with Gasteiger partial charge in [-0.2, -0.15) is 0 Å². The number of nitrogens with zero attached hydrogens (tertiary/aromatic N) is 1. The molecule has 2 atom stereocenters. The second-order valence-corrected chi connectivity index (χ2v) is 7.57. The third-order valence-corrected chi connectivity index (χ3v) is 6.10. The Hall–Kier alpha value is -3.09. The number of methoxy groups -OCH3 is 2. The molecule has 0 saturated heterocycles. The number of hydrogen-bond acceptors (Lipinski definition) is 6. The molecule has 0 amide bonds. The molecular weight excluding hydrogens is 372 g/mol. The summed E-state index contributed by atoms with van der Waals surface area (Å²) in [5.74, 6) is -3.30. The minimum absolute atomic E-state index is 0.0592. The van der Waals surface area contributed by atoms with Crippen LogP contribution in [-0.4, -0.2) is 48.4 Å². The monoisotopic (exact) mass is 396 g/mol. The van der Waals surface area contributed by atoms with Crippen molar-refractivity contribution in [2.75, 3.05) is 20.8 Å². The Morgan fingerprint density at radius 2 is 1.83 bits per heavy atom. The van der Waals surface area contributed by atoms with Gasteiger partial charge in [-0.25, -0.2) is 0 Å². The number of nitrogens with one attached hydrogen (secondary N) is 1. The van der Waals surface area contributed by atoms with Crippen LogP contribution in [0.2, 0.25) is 0 Å². The molecule has 0 unspecified atom stereocenters. The van der Waals surface area contributed by atoms with Crippen molar-refractivity contribution in [1.29, 1.82) is 0 Å². The van der Waals surface area contributed by atoms with Crippen molar-refractivity contribution in [2.45, 2.75) is 25.8 Å². The highest BCUT2D eigenvalue weighted by Crippen LogP contribution is 2.45. The number of benzene rings is 1. The second kappa shape index (κ2) is 7.39. The minimum atomic E-state index is -1.17. The van der Waals surface area contributed by atoms with E-state index in [9.17, 15) is 14.4 Å². The molecule has 1 aromatic carbocycles. The standard InChI is InChI=1S/C22H24N2O5/c1-12(25)16-11-24-9-8-14-13-6-4-5-7-17(13)23-20(14)18(24)10-15(16)19(21(26)28-2)22(27)29-3/h4-7,11,15,18-19,23H,8-10H2,1-3H3/t15-,18+/m0/s1. The molecule has 7 nitrogen and oxygen atoms in total. The highest BCUT2D eigenvalue weighted by Gasteiger charge is 2.45. The molecule has 0 aliphatic carbocycles. The topological polar surface area (TPSA) is 88.7 Å². The number of esters is 2. The van der Waals surface area contributed by atoms with E-state index in [1.165, 1.54) is 32.1 Å². The van der Waals surface area contributed by atoms with Crippen molar-refractivity contribution < 1.29 is 23.9 Å². The number of aromatic nitrogens is 1. The van der Waals surface area contributed by atoms with Crippen LogP contribution >= 0.6 is 0 Å². The summed E-state index contributed by atoms with van der Waals surface area (Å²) in [7, 11) is 2.47. The van der Waals surface area contributed by atoms with Crippen LogP contribution in [0.4, 0.5) is 0 Å². The molecule has 0 spiro atoms. The Balaban J connectivity index is 1.80. The van der Waals surface area contributed by atoms with E-state index in [2.05, 4.69) is 16.0 Å². The Morgan fingerprint density at radius 1 is 1.14 bits per heavy atom. The maximum Gasteiger partial charge on any atom is 0.320 e. The van der Waals surface area contributed by atoms with Crippen molar-refractivity contribution in [3.8, 4) is 0 Å². The number of para-hydroxylation sites is 1. The van der Waals surface area contributed by atoms with Crippen LogP contribution in [0.1, 0.15) is 30.6 Å². The number of ether oxygens (including phenoxy) is 2. The van der Waals surface area contributed by atoms with Gasteiger partial charge in [0, 0.05) is 40.8 Å². The van der Waals surface area contributed by atoms with Gasteiger partial charge in [0.05, 0.1) is 20.3 Å². The molecule has 29 heavy (non-hydrogen) atoms. The molecule has 0 saturated carbocycles. The van der Waals surface area contributed by atoms with Crippen molar-refractivity contribution in [3.63, 3.8) is 0 Å². The first-order valence-corrected chi connectivity index (χ1v) is 9.69. The zero-order valence-corrected chi connectivity index (χ0v) is 16.7. The quantitative estimate of drug-likeness (QED) is 0.631. The molecule has 2 aliphatic rings. The number of hydrogen-bond donors (Lipinski definition) is 1. The highest BCUT2D eigenvalue weighted by molar-refractivity contribution is 6.00. The summed E-state index contributed by atoms with van der Waals surface area (Å²) in [5.41, 5.74) is 3.86. The summed E-state index contributed by atoms with van der Waals surface area (Å²) < 4.78 is 9.74. The molecule has 2 aliphatic heterocycles. The Kier molecular flexibility index (Phi) is 4.90. The van der Waals surface area contributed by atoms with E-state index in [0.29, 0.717) is 12.0 Å². The Labute approximate surface area is 168 Å². The van der Waals surface area contributed by atoms with Gasteiger partial charge in [0.15, 0.2) is 11.7 Å². The number of H-pyrrole nitrogens is 1. The maximum atomic E-state index is 12.4. The molecule has 0 bridgehead atoms. The fraction of sp³-hybridized carbons (Fsp3) is 0.409. The molecule has 0 radical (unpaired) electrons. The zero-order valence-electron chi connectivity index (χ0n) is 16.7. The minimum Gasteiger partial charge on any atom is -0.468 e. The lowest BCUT2D eigenvalue weighted by molar-refractivity contribution is -0.161. The van der Waals surface area contributed by atoms with Crippen molar-refractivity contribution in [2.24, 2.45) is 11.8 Å². The fourth-order valence-electron chi connectivity index (χ4n) is 4.73. The number of ketones is 1. The van der Waals surface area contributed by atoms with Gasteiger partial charge in [-0.3, -0.25) is 14.4 Å². The lowest BCUT2D eigenvalue weighted by Crippen LogP contribution is -2.43. The van der Waals surface area contributed by atoms with E-state index in [4.69, 9.17) is 9.47 Å². The number of allylic oxidation sites excluding steroid dienone is 1. The summed E-state index contributed by atoms with van der Waals surface area (Å²) >= 11 is 0. The van der Waals surface area contributed by atoms with E-state index >= 15 is 0 Å². The van der Waals surface area contributed by atoms with Gasteiger partial charge < -0.3 is 19.4 Å². The lowest BCUT2D eigenvalue weighted by Gasteiger charge is -2.42. The van der Waals surface area contributed by atoms with Crippen LogP contribution in [0.5, 0.6) is 0 Å². The third kappa shape index (κ3) is 3.10. The van der Waals surface area contributed by atoms with E-state index < -0.39 is 23.8 Å². The predicted octanol–water partition coefficient (Wildman–Crippen LogP) is 2.52. The second-order valence-electron chi connectivity index (χ2n) is 7.57. The van der Waals surface area contributed by atoms with E-state index in [1.54, 1.807) is 0 Å². The maximum absolute atomic E-state index is 12.4. The zero-order chi connectivity index (χ0) is 20.7. The molecule has 0 fully saturated rings. The summed E-state index contributed by atoms with van der Waals surface area (Å²) in [5, 5.41) is 1.19. The smallest absolute Gasteiger partial charge is 0.320 e. The van der Waals surface area contributed by atoms with Crippen LogP contribution in [0.15, 0.2) is 36.0 Å². The number of rotatable bonds is 4.